The van der Waals surface area contributed by atoms with Crippen molar-refractivity contribution in [1.82, 2.24) is 5.48 Å². The van der Waals surface area contributed by atoms with E-state index in [-0.39, 0.29) is 24.6 Å². The van der Waals surface area contributed by atoms with Crippen LogP contribution in [0.1, 0.15) is 15.9 Å². The predicted molar refractivity (Wildman–Crippen MR) is 85.3 cm³/mol. The molecule has 3 rings (SSSR count). The standard InChI is InChI=1S/C17H15FN2O5/c1-24-13-5-10(4-12(18)7-13)8-20-14-6-11(17(22)19-23)2-3-15(14)25-9-16(20)21/h2-7,23H,8-9H2,1H3,(H,19,22). The van der Waals surface area contributed by atoms with Crippen molar-refractivity contribution in [3.8, 4) is 11.5 Å². The number of hydrogen-bond donors (Lipinski definition) is 2. The molecule has 1 aliphatic heterocycles. The van der Waals surface area contributed by atoms with Gasteiger partial charge in [0.1, 0.15) is 17.3 Å². The Morgan fingerprint density at radius 3 is 2.88 bits per heavy atom. The lowest BCUT2D eigenvalue weighted by molar-refractivity contribution is -0.121. The van der Waals surface area contributed by atoms with E-state index >= 15 is 0 Å². The van der Waals surface area contributed by atoms with Crippen LogP contribution in [0.5, 0.6) is 11.5 Å². The van der Waals surface area contributed by atoms with Crippen molar-refractivity contribution in [1.29, 1.82) is 0 Å². The van der Waals surface area contributed by atoms with Crippen LogP contribution in [0.2, 0.25) is 0 Å². The summed E-state index contributed by atoms with van der Waals surface area (Å²) in [6, 6.07) is 8.58. The molecule has 0 atom stereocenters. The Hall–Kier alpha value is -3.13. The van der Waals surface area contributed by atoms with E-state index in [0.717, 1.165) is 0 Å². The van der Waals surface area contributed by atoms with Gasteiger partial charge in [-0.1, -0.05) is 0 Å². The zero-order chi connectivity index (χ0) is 18.0. The van der Waals surface area contributed by atoms with Crippen LogP contribution in [0.3, 0.4) is 0 Å². The van der Waals surface area contributed by atoms with Crippen molar-refractivity contribution in [3.63, 3.8) is 0 Å². The molecular weight excluding hydrogens is 331 g/mol. The minimum Gasteiger partial charge on any atom is -0.497 e. The molecule has 8 heteroatoms. The van der Waals surface area contributed by atoms with Gasteiger partial charge in [-0.15, -0.1) is 0 Å². The van der Waals surface area contributed by atoms with Crippen molar-refractivity contribution in [2.45, 2.75) is 6.54 Å². The lowest BCUT2D eigenvalue weighted by Crippen LogP contribution is -2.38. The topological polar surface area (TPSA) is 88.1 Å². The molecule has 0 unspecified atom stereocenters. The monoisotopic (exact) mass is 346 g/mol. The second kappa shape index (κ2) is 6.78. The van der Waals surface area contributed by atoms with E-state index < -0.39 is 11.7 Å². The van der Waals surface area contributed by atoms with Crippen LogP contribution in [0.15, 0.2) is 36.4 Å². The number of fused-ring (bicyclic) bond motifs is 1. The zero-order valence-corrected chi connectivity index (χ0v) is 13.3. The number of carbonyl (C=O) groups excluding carboxylic acids is 2. The van der Waals surface area contributed by atoms with Crippen molar-refractivity contribution in [3.05, 3.63) is 53.3 Å². The van der Waals surface area contributed by atoms with Crippen LogP contribution in [-0.2, 0) is 11.3 Å². The number of methoxy groups -OCH3 is 1. The molecule has 1 aliphatic rings. The summed E-state index contributed by atoms with van der Waals surface area (Å²) in [5, 5.41) is 8.77. The highest BCUT2D eigenvalue weighted by Gasteiger charge is 2.27. The predicted octanol–water partition coefficient (Wildman–Crippen LogP) is 1.88. The van der Waals surface area contributed by atoms with Crippen LogP contribution in [0, 0.1) is 5.82 Å². The molecule has 0 saturated heterocycles. The van der Waals surface area contributed by atoms with Crippen molar-refractivity contribution in [2.24, 2.45) is 0 Å². The average molecular weight is 346 g/mol. The van der Waals surface area contributed by atoms with E-state index in [2.05, 4.69) is 0 Å². The summed E-state index contributed by atoms with van der Waals surface area (Å²) in [5.74, 6) is -0.782. The highest BCUT2D eigenvalue weighted by Crippen LogP contribution is 2.34. The molecule has 0 spiro atoms. The normalized spacial score (nSPS) is 13.1. The van der Waals surface area contributed by atoms with E-state index in [4.69, 9.17) is 14.7 Å². The number of hydroxylamine groups is 1. The number of halogens is 1. The van der Waals surface area contributed by atoms with Gasteiger partial charge in [0.2, 0.25) is 0 Å². The van der Waals surface area contributed by atoms with E-state index in [1.165, 1.54) is 47.8 Å². The lowest BCUT2D eigenvalue weighted by atomic mass is 10.1. The number of hydrogen-bond acceptors (Lipinski definition) is 5. The van der Waals surface area contributed by atoms with Crippen LogP contribution < -0.4 is 19.9 Å². The molecule has 0 aliphatic carbocycles. The number of amides is 2. The van der Waals surface area contributed by atoms with Crippen LogP contribution in [0.25, 0.3) is 0 Å². The lowest BCUT2D eigenvalue weighted by Gasteiger charge is -2.30. The van der Waals surface area contributed by atoms with E-state index in [9.17, 15) is 14.0 Å². The Morgan fingerprint density at radius 2 is 2.16 bits per heavy atom. The van der Waals surface area contributed by atoms with E-state index in [1.54, 1.807) is 6.07 Å². The van der Waals surface area contributed by atoms with Crippen LogP contribution in [-0.4, -0.2) is 30.7 Å². The fourth-order valence-electron chi connectivity index (χ4n) is 2.59. The minimum atomic E-state index is -0.715. The fraction of sp³-hybridized carbons (Fsp3) is 0.176. The van der Waals surface area contributed by atoms with Crippen LogP contribution in [0.4, 0.5) is 10.1 Å². The minimum absolute atomic E-state index is 0.0769. The summed E-state index contributed by atoms with van der Waals surface area (Å²) in [7, 11) is 1.42. The Kier molecular flexibility index (Phi) is 4.53. The highest BCUT2D eigenvalue weighted by molar-refractivity contribution is 6.01. The molecule has 2 N–H and O–H groups in total. The third-order valence-corrected chi connectivity index (χ3v) is 3.77. The first kappa shape index (κ1) is 16.7. The Balaban J connectivity index is 1.98. The fourth-order valence-corrected chi connectivity index (χ4v) is 2.59. The summed E-state index contributed by atoms with van der Waals surface area (Å²) >= 11 is 0. The first-order valence-electron chi connectivity index (χ1n) is 7.37. The first-order valence-corrected chi connectivity index (χ1v) is 7.37. The largest absolute Gasteiger partial charge is 0.497 e. The second-order valence-corrected chi connectivity index (χ2v) is 5.39. The van der Waals surface area contributed by atoms with Crippen LogP contribution >= 0.6 is 0 Å². The number of nitrogens with zero attached hydrogens (tertiary/aromatic N) is 1. The Morgan fingerprint density at radius 1 is 1.36 bits per heavy atom. The van der Waals surface area contributed by atoms with Gasteiger partial charge >= 0.3 is 0 Å². The maximum atomic E-state index is 13.7. The summed E-state index contributed by atoms with van der Waals surface area (Å²) in [6.45, 7) is -0.0848. The van der Waals surface area contributed by atoms with E-state index in [0.29, 0.717) is 22.7 Å². The third kappa shape index (κ3) is 3.38. The van der Waals surface area contributed by atoms with Crippen molar-refractivity contribution in [2.75, 3.05) is 18.6 Å². The summed E-state index contributed by atoms with van der Waals surface area (Å²) in [4.78, 5) is 25.3. The zero-order valence-electron chi connectivity index (χ0n) is 13.3. The molecule has 25 heavy (non-hydrogen) atoms. The van der Waals surface area contributed by atoms with E-state index in [1.807, 2.05) is 0 Å². The molecule has 0 fully saturated rings. The molecule has 2 aromatic rings. The van der Waals surface area contributed by atoms with Gasteiger partial charge < -0.3 is 14.4 Å². The summed E-state index contributed by atoms with van der Waals surface area (Å²) in [6.07, 6.45) is 0. The number of carbonyl (C=O) groups is 2. The molecule has 2 aromatic carbocycles. The molecule has 0 radical (unpaired) electrons. The molecule has 0 aromatic heterocycles. The molecule has 130 valence electrons. The number of rotatable bonds is 4. The summed E-state index contributed by atoms with van der Waals surface area (Å²) < 4.78 is 24.1. The average Bonchev–Trinajstić information content (AvgIpc) is 2.62. The van der Waals surface area contributed by atoms with Gasteiger partial charge in [-0.3, -0.25) is 14.8 Å². The number of nitrogens with one attached hydrogen (secondary N) is 1. The molecule has 0 saturated carbocycles. The third-order valence-electron chi connectivity index (χ3n) is 3.77. The van der Waals surface area contributed by atoms with Gasteiger partial charge in [0, 0.05) is 11.6 Å². The van der Waals surface area contributed by atoms with Gasteiger partial charge in [-0.25, -0.2) is 9.87 Å². The quantitative estimate of drug-likeness (QED) is 0.652. The molecule has 0 bridgehead atoms. The first-order chi connectivity index (χ1) is 12.0. The smallest absolute Gasteiger partial charge is 0.274 e. The molecule has 1 heterocycles. The van der Waals surface area contributed by atoms with Gasteiger partial charge in [0.15, 0.2) is 6.61 Å². The molecule has 2 amide bonds. The van der Waals surface area contributed by atoms with Gasteiger partial charge in [0.25, 0.3) is 11.8 Å². The Labute approximate surface area is 142 Å². The molecule has 7 nitrogen and oxygen atoms in total. The number of ether oxygens (including phenoxy) is 2. The number of benzene rings is 2. The van der Waals surface area contributed by atoms with Crippen molar-refractivity contribution < 1.29 is 28.7 Å². The SMILES string of the molecule is COc1cc(F)cc(CN2C(=O)COc3ccc(C(=O)NO)cc32)c1. The highest BCUT2D eigenvalue weighted by atomic mass is 19.1. The Bertz CT molecular complexity index is 840. The number of anilines is 1. The van der Waals surface area contributed by atoms with Gasteiger partial charge in [0.05, 0.1) is 19.3 Å². The summed E-state index contributed by atoms with van der Waals surface area (Å²) in [5.41, 5.74) is 2.58. The van der Waals surface area contributed by atoms with Gasteiger partial charge in [-0.05, 0) is 35.9 Å². The van der Waals surface area contributed by atoms with Gasteiger partial charge in [-0.2, -0.15) is 0 Å². The second-order valence-electron chi connectivity index (χ2n) is 5.39. The maximum absolute atomic E-state index is 13.7. The van der Waals surface area contributed by atoms with Crippen molar-refractivity contribution >= 4 is 17.5 Å². The maximum Gasteiger partial charge on any atom is 0.274 e. The molecular formula is C17H15FN2O5.